The summed E-state index contributed by atoms with van der Waals surface area (Å²) in [6, 6.07) is 0.713. The molecule has 4 nitrogen and oxygen atoms in total. The van der Waals surface area contributed by atoms with Gasteiger partial charge in [-0.25, -0.2) is 4.98 Å². The number of nitrogens with one attached hydrogen (secondary N) is 1. The zero-order valence-corrected chi connectivity index (χ0v) is 10.7. The van der Waals surface area contributed by atoms with Crippen LogP contribution in [-0.2, 0) is 0 Å². The Bertz CT molecular complexity index is 375. The highest BCUT2D eigenvalue weighted by Crippen LogP contribution is 2.37. The predicted octanol–water partition coefficient (Wildman–Crippen LogP) is 2.03. The normalized spacial score (nSPS) is 21.0. The summed E-state index contributed by atoms with van der Waals surface area (Å²) in [4.78, 5) is 7.10. The minimum absolute atomic E-state index is 0.713. The maximum Gasteiger partial charge on any atom is 0.203 e. The van der Waals surface area contributed by atoms with Crippen LogP contribution >= 0.6 is 0 Å². The van der Waals surface area contributed by atoms with Gasteiger partial charge in [0.1, 0.15) is 0 Å². The lowest BCUT2D eigenvalue weighted by Gasteiger charge is -2.15. The fraction of sp³-hybridized carbons (Fsp3) is 0.769. The molecule has 1 saturated carbocycles. The zero-order valence-electron chi connectivity index (χ0n) is 10.7. The second-order valence-electron chi connectivity index (χ2n) is 5.32. The summed E-state index contributed by atoms with van der Waals surface area (Å²) in [6.07, 6.45) is 7.55. The van der Waals surface area contributed by atoms with E-state index in [4.69, 9.17) is 0 Å². The average Bonchev–Trinajstić information content (AvgIpc) is 2.90. The Morgan fingerprint density at radius 3 is 2.82 bits per heavy atom. The van der Waals surface area contributed by atoms with Crippen molar-refractivity contribution in [1.82, 2.24) is 14.5 Å². The first-order valence-corrected chi connectivity index (χ1v) is 6.84. The summed E-state index contributed by atoms with van der Waals surface area (Å²) in [5.41, 5.74) is 1.13. The molecular weight excluding hydrogens is 212 g/mol. The Labute approximate surface area is 103 Å². The largest absolute Gasteiger partial charge is 0.354 e. The second-order valence-corrected chi connectivity index (χ2v) is 5.32. The molecule has 0 spiro atoms. The molecule has 3 rings (SSSR count). The van der Waals surface area contributed by atoms with Crippen molar-refractivity contribution in [3.63, 3.8) is 0 Å². The van der Waals surface area contributed by atoms with Gasteiger partial charge in [0, 0.05) is 25.3 Å². The van der Waals surface area contributed by atoms with Crippen molar-refractivity contribution in [2.45, 2.75) is 38.6 Å². The third kappa shape index (κ3) is 2.63. The Kier molecular flexibility index (Phi) is 3.05. The number of rotatable bonds is 5. The first-order valence-electron chi connectivity index (χ1n) is 6.84. The number of nitrogens with zero attached hydrogens (tertiary/aromatic N) is 3. The van der Waals surface area contributed by atoms with E-state index in [1.165, 1.54) is 38.8 Å². The molecule has 1 saturated heterocycles. The molecule has 1 N–H and O–H groups in total. The number of aryl methyl sites for hydroxylation is 1. The van der Waals surface area contributed by atoms with Crippen molar-refractivity contribution in [2.24, 2.45) is 0 Å². The summed E-state index contributed by atoms with van der Waals surface area (Å²) in [5, 5.41) is 3.49. The first kappa shape index (κ1) is 11.1. The Hall–Kier alpha value is -1.03. The molecule has 2 fully saturated rings. The van der Waals surface area contributed by atoms with E-state index in [-0.39, 0.29) is 0 Å². The average molecular weight is 234 g/mol. The highest BCUT2D eigenvalue weighted by atomic mass is 15.2. The van der Waals surface area contributed by atoms with Crippen molar-refractivity contribution in [1.29, 1.82) is 0 Å². The molecule has 1 aromatic heterocycles. The zero-order chi connectivity index (χ0) is 11.7. The number of hydrogen-bond donors (Lipinski definition) is 1. The lowest BCUT2D eigenvalue weighted by molar-refractivity contribution is 0.352. The number of likely N-dealkylation sites (tertiary alicyclic amines) is 1. The van der Waals surface area contributed by atoms with E-state index in [9.17, 15) is 0 Å². The van der Waals surface area contributed by atoms with Gasteiger partial charge in [-0.05, 0) is 45.7 Å². The summed E-state index contributed by atoms with van der Waals surface area (Å²) < 4.78 is 2.32. The molecule has 0 bridgehead atoms. The van der Waals surface area contributed by atoms with Gasteiger partial charge in [-0.15, -0.1) is 0 Å². The van der Waals surface area contributed by atoms with Crippen molar-refractivity contribution < 1.29 is 0 Å². The Morgan fingerprint density at radius 1 is 1.35 bits per heavy atom. The first-order chi connectivity index (χ1) is 8.33. The van der Waals surface area contributed by atoms with E-state index in [2.05, 4.69) is 32.9 Å². The topological polar surface area (TPSA) is 33.1 Å². The van der Waals surface area contributed by atoms with E-state index < -0.39 is 0 Å². The van der Waals surface area contributed by atoms with Crippen molar-refractivity contribution in [3.8, 4) is 0 Å². The highest BCUT2D eigenvalue weighted by molar-refractivity contribution is 5.30. The van der Waals surface area contributed by atoms with Gasteiger partial charge in [0.2, 0.25) is 5.95 Å². The van der Waals surface area contributed by atoms with Crippen LogP contribution in [0.3, 0.4) is 0 Å². The summed E-state index contributed by atoms with van der Waals surface area (Å²) in [5.74, 6) is 1.07. The number of imidazole rings is 1. The Balaban J connectivity index is 1.53. The summed E-state index contributed by atoms with van der Waals surface area (Å²) in [7, 11) is 0. The van der Waals surface area contributed by atoms with Gasteiger partial charge in [0.05, 0.1) is 5.69 Å². The van der Waals surface area contributed by atoms with Gasteiger partial charge in [0.25, 0.3) is 0 Å². The molecule has 4 heteroatoms. The second kappa shape index (κ2) is 4.69. The number of anilines is 1. The molecule has 17 heavy (non-hydrogen) atoms. The Morgan fingerprint density at radius 2 is 2.12 bits per heavy atom. The van der Waals surface area contributed by atoms with E-state index in [0.717, 1.165) is 24.7 Å². The molecule has 2 heterocycles. The fourth-order valence-corrected chi connectivity index (χ4v) is 2.61. The molecule has 0 radical (unpaired) electrons. The predicted molar refractivity (Wildman–Crippen MR) is 69.4 cm³/mol. The smallest absolute Gasteiger partial charge is 0.203 e. The molecular formula is C13H22N4. The van der Waals surface area contributed by atoms with Crippen molar-refractivity contribution in [3.05, 3.63) is 11.9 Å². The molecule has 2 aliphatic rings. The van der Waals surface area contributed by atoms with E-state index in [1.54, 1.807) is 0 Å². The SMILES string of the molecule is Cc1cn(C2CC2)c(NCCN2CCCC2)n1. The minimum atomic E-state index is 0.713. The van der Waals surface area contributed by atoms with E-state index >= 15 is 0 Å². The molecule has 0 atom stereocenters. The quantitative estimate of drug-likeness (QED) is 0.846. The van der Waals surface area contributed by atoms with Crippen LogP contribution in [0.1, 0.15) is 37.4 Å². The van der Waals surface area contributed by atoms with Gasteiger partial charge in [0.15, 0.2) is 0 Å². The lowest BCUT2D eigenvalue weighted by atomic mass is 10.4. The van der Waals surface area contributed by atoms with Crippen LogP contribution in [-0.4, -0.2) is 40.6 Å². The highest BCUT2D eigenvalue weighted by Gasteiger charge is 2.26. The van der Waals surface area contributed by atoms with Gasteiger partial charge in [-0.3, -0.25) is 0 Å². The van der Waals surface area contributed by atoms with Crippen molar-refractivity contribution >= 4 is 5.95 Å². The van der Waals surface area contributed by atoms with Gasteiger partial charge < -0.3 is 14.8 Å². The van der Waals surface area contributed by atoms with Gasteiger partial charge >= 0.3 is 0 Å². The van der Waals surface area contributed by atoms with Crippen LogP contribution in [0, 0.1) is 6.92 Å². The van der Waals surface area contributed by atoms with Gasteiger partial charge in [-0.1, -0.05) is 0 Å². The monoisotopic (exact) mass is 234 g/mol. The van der Waals surface area contributed by atoms with Crippen molar-refractivity contribution in [2.75, 3.05) is 31.5 Å². The van der Waals surface area contributed by atoms with E-state index in [0.29, 0.717) is 6.04 Å². The van der Waals surface area contributed by atoms with Crippen LogP contribution in [0.5, 0.6) is 0 Å². The molecule has 94 valence electrons. The van der Waals surface area contributed by atoms with Crippen LogP contribution in [0.2, 0.25) is 0 Å². The van der Waals surface area contributed by atoms with Crippen LogP contribution < -0.4 is 5.32 Å². The van der Waals surface area contributed by atoms with Crippen LogP contribution in [0.15, 0.2) is 6.20 Å². The maximum atomic E-state index is 4.57. The molecule has 1 aliphatic carbocycles. The molecule has 0 amide bonds. The fourth-order valence-electron chi connectivity index (χ4n) is 2.61. The molecule has 0 unspecified atom stereocenters. The third-order valence-electron chi connectivity index (χ3n) is 3.70. The van der Waals surface area contributed by atoms with Crippen LogP contribution in [0.25, 0.3) is 0 Å². The number of hydrogen-bond acceptors (Lipinski definition) is 3. The summed E-state index contributed by atoms with van der Waals surface area (Å²) in [6.45, 7) is 6.79. The number of aromatic nitrogens is 2. The molecule has 0 aromatic carbocycles. The standard InChI is InChI=1S/C13H22N4/c1-11-10-17(12-4-5-12)13(15-11)14-6-9-16-7-2-3-8-16/h10,12H,2-9H2,1H3,(H,14,15). The molecule has 1 aromatic rings. The third-order valence-corrected chi connectivity index (χ3v) is 3.70. The molecule has 1 aliphatic heterocycles. The lowest BCUT2D eigenvalue weighted by Crippen LogP contribution is -2.26. The van der Waals surface area contributed by atoms with Crippen LogP contribution in [0.4, 0.5) is 5.95 Å². The minimum Gasteiger partial charge on any atom is -0.354 e. The van der Waals surface area contributed by atoms with E-state index in [1.807, 2.05) is 0 Å². The van der Waals surface area contributed by atoms with Gasteiger partial charge in [-0.2, -0.15) is 0 Å². The maximum absolute atomic E-state index is 4.57. The summed E-state index contributed by atoms with van der Waals surface area (Å²) >= 11 is 0.